The number of ether oxygens (including phenoxy) is 1. The van der Waals surface area contributed by atoms with Crippen molar-refractivity contribution in [3.05, 3.63) is 132 Å². The van der Waals surface area contributed by atoms with Crippen molar-refractivity contribution in [2.45, 2.75) is 52.7 Å². The van der Waals surface area contributed by atoms with E-state index < -0.39 is 11.1 Å². The van der Waals surface area contributed by atoms with Crippen LogP contribution < -0.4 is 0 Å². The van der Waals surface area contributed by atoms with Crippen molar-refractivity contribution in [2.75, 3.05) is 0 Å². The number of rotatable bonds is 5. The van der Waals surface area contributed by atoms with Crippen LogP contribution in [0, 0.1) is 31.9 Å². The first kappa shape index (κ1) is 30.0. The van der Waals surface area contributed by atoms with E-state index in [-0.39, 0.29) is 27.0 Å². The molecular formula is C39H35N3OPt. The Balaban J connectivity index is 0.00000343. The van der Waals surface area contributed by atoms with Crippen LogP contribution in [0.25, 0.3) is 38.8 Å². The fraction of sp³-hybridized carbons (Fsp3) is 0.231. The molecule has 7 rings (SSSR count). The quantitative estimate of drug-likeness (QED) is 0.165. The molecule has 6 aromatic rings. The summed E-state index contributed by atoms with van der Waals surface area (Å²) in [6.45, 7) is 13.0. The summed E-state index contributed by atoms with van der Waals surface area (Å²) < 4.78 is 9.14. The van der Waals surface area contributed by atoms with Gasteiger partial charge in [-0.15, -0.1) is 47.5 Å². The number of aliphatic imine (C=N–C) groups is 1. The topological polar surface area (TPSA) is 39.4 Å². The summed E-state index contributed by atoms with van der Waals surface area (Å²) in [6.07, 6.45) is 1.86. The molecule has 0 saturated carbocycles. The van der Waals surface area contributed by atoms with Gasteiger partial charge in [0.25, 0.3) is 0 Å². The number of nitrogens with zero attached hydrogens (tertiary/aromatic N) is 3. The number of para-hydroxylation sites is 1. The summed E-state index contributed by atoms with van der Waals surface area (Å²) in [6, 6.07) is 39.1. The first-order valence-electron chi connectivity index (χ1n) is 15.0. The second-order valence-corrected chi connectivity index (χ2v) is 12.4. The molecule has 0 spiro atoms. The number of hydrogen-bond acceptors (Lipinski definition) is 3. The van der Waals surface area contributed by atoms with Gasteiger partial charge in [-0.25, -0.2) is 0 Å². The molecule has 0 fully saturated rings. The van der Waals surface area contributed by atoms with Gasteiger partial charge >= 0.3 is 21.1 Å². The second kappa shape index (κ2) is 11.2. The van der Waals surface area contributed by atoms with E-state index in [0.29, 0.717) is 5.90 Å². The molecule has 2 atom stereocenters. The fourth-order valence-corrected chi connectivity index (χ4v) is 6.45. The van der Waals surface area contributed by atoms with Gasteiger partial charge in [0.1, 0.15) is 11.5 Å². The molecule has 1 aliphatic rings. The molecule has 44 heavy (non-hydrogen) atoms. The zero-order chi connectivity index (χ0) is 29.9. The second-order valence-electron chi connectivity index (χ2n) is 12.4. The van der Waals surface area contributed by atoms with E-state index in [2.05, 4.69) is 142 Å². The van der Waals surface area contributed by atoms with Gasteiger partial charge in [0.2, 0.25) is 0 Å². The standard InChI is InChI=1S/C39H35N3O.Pt/c1-25(2)38(5)39(6,30-12-8-7-9-13-30)43-37(41-38)29-20-27(4)21-31(23-29)42-35-15-11-10-14-32(35)33-17-16-28(24-36(33)42)34-22-26(3)18-19-40-34;/h7-22,25H,1-6H3;/q-2;+2/t38-,39-;/m1./s1. The van der Waals surface area contributed by atoms with Gasteiger partial charge < -0.3 is 14.3 Å². The van der Waals surface area contributed by atoms with Gasteiger partial charge in [-0.3, -0.25) is 4.99 Å². The van der Waals surface area contributed by atoms with E-state index >= 15 is 0 Å². The molecule has 0 bridgehead atoms. The van der Waals surface area contributed by atoms with Gasteiger partial charge in [0.05, 0.1) is 5.54 Å². The summed E-state index contributed by atoms with van der Waals surface area (Å²) in [4.78, 5) is 9.95. The van der Waals surface area contributed by atoms with Crippen LogP contribution in [-0.2, 0) is 31.4 Å². The van der Waals surface area contributed by atoms with Crippen molar-refractivity contribution in [1.29, 1.82) is 0 Å². The molecular weight excluding hydrogens is 722 g/mol. The normalized spacial score (nSPS) is 19.7. The van der Waals surface area contributed by atoms with E-state index in [1.165, 1.54) is 10.9 Å². The van der Waals surface area contributed by atoms with E-state index in [1.807, 2.05) is 18.3 Å². The first-order chi connectivity index (χ1) is 20.7. The summed E-state index contributed by atoms with van der Waals surface area (Å²) in [7, 11) is 0. The molecule has 0 aliphatic carbocycles. The molecule has 0 amide bonds. The maximum Gasteiger partial charge on any atom is 2.00 e. The Bertz CT molecular complexity index is 2040. The van der Waals surface area contributed by atoms with Crippen LogP contribution in [0.2, 0.25) is 0 Å². The fourth-order valence-electron chi connectivity index (χ4n) is 6.45. The third-order valence-corrected chi connectivity index (χ3v) is 9.29. The third-order valence-electron chi connectivity index (χ3n) is 9.29. The molecule has 2 aromatic heterocycles. The Morgan fingerprint density at radius 3 is 2.27 bits per heavy atom. The molecule has 0 N–H and O–H groups in total. The molecule has 0 unspecified atom stereocenters. The van der Waals surface area contributed by atoms with E-state index in [9.17, 15) is 0 Å². The molecule has 0 radical (unpaired) electrons. The smallest absolute Gasteiger partial charge is 0.508 e. The number of pyridine rings is 1. The Kier molecular flexibility index (Phi) is 7.62. The van der Waals surface area contributed by atoms with Gasteiger partial charge in [0.15, 0.2) is 0 Å². The number of aromatic nitrogens is 2. The van der Waals surface area contributed by atoms with Crippen LogP contribution in [0.3, 0.4) is 0 Å². The zero-order valence-electron chi connectivity index (χ0n) is 25.9. The van der Waals surface area contributed by atoms with Crippen LogP contribution >= 0.6 is 0 Å². The Morgan fingerprint density at radius 2 is 1.52 bits per heavy atom. The Morgan fingerprint density at radius 1 is 0.773 bits per heavy atom. The van der Waals surface area contributed by atoms with Crippen molar-refractivity contribution >= 4 is 27.7 Å². The van der Waals surface area contributed by atoms with Crippen molar-refractivity contribution in [2.24, 2.45) is 10.9 Å². The first-order valence-corrected chi connectivity index (χ1v) is 15.0. The summed E-state index contributed by atoms with van der Waals surface area (Å²) in [5.74, 6) is 0.877. The monoisotopic (exact) mass is 756 g/mol. The maximum absolute atomic E-state index is 6.88. The molecule has 3 heterocycles. The average molecular weight is 757 g/mol. The number of fused-ring (bicyclic) bond motifs is 3. The Labute approximate surface area is 274 Å². The summed E-state index contributed by atoms with van der Waals surface area (Å²) in [5.41, 5.74) is 8.06. The van der Waals surface area contributed by atoms with E-state index in [4.69, 9.17) is 9.73 Å². The molecule has 222 valence electrons. The van der Waals surface area contributed by atoms with Crippen LogP contribution in [0.4, 0.5) is 0 Å². The van der Waals surface area contributed by atoms with E-state index in [1.54, 1.807) is 0 Å². The zero-order valence-corrected chi connectivity index (χ0v) is 28.2. The van der Waals surface area contributed by atoms with Crippen molar-refractivity contribution in [3.63, 3.8) is 0 Å². The van der Waals surface area contributed by atoms with E-state index in [0.717, 1.165) is 50.1 Å². The van der Waals surface area contributed by atoms with Crippen molar-refractivity contribution in [1.82, 2.24) is 9.55 Å². The van der Waals surface area contributed by atoms with Crippen LogP contribution in [0.15, 0.2) is 102 Å². The predicted molar refractivity (Wildman–Crippen MR) is 176 cm³/mol. The maximum atomic E-state index is 6.88. The van der Waals surface area contributed by atoms with Crippen molar-refractivity contribution < 1.29 is 25.8 Å². The number of aryl methyl sites for hydroxylation is 2. The average Bonchev–Trinajstić information content (AvgIpc) is 3.49. The molecule has 0 saturated heterocycles. The SMILES string of the molecule is Cc1cc(C2=N[C@](C)(C(C)C)[C@@](C)(c3ccccc3)O2)[c-]c(-n2c3[c-]c(-c4cc(C)ccn4)ccc3c3ccccc32)c1.[Pt+2]. The molecule has 1 aliphatic heterocycles. The third kappa shape index (κ3) is 4.72. The van der Waals surface area contributed by atoms with Crippen molar-refractivity contribution in [3.8, 4) is 16.9 Å². The van der Waals surface area contributed by atoms with Crippen LogP contribution in [-0.4, -0.2) is 21.0 Å². The number of hydrogen-bond donors (Lipinski definition) is 0. The Hall–Kier alpha value is -4.01. The minimum Gasteiger partial charge on any atom is -0.508 e. The number of benzene rings is 4. The summed E-state index contributed by atoms with van der Waals surface area (Å²) >= 11 is 0. The molecule has 5 heteroatoms. The van der Waals surface area contributed by atoms with Gasteiger partial charge in [-0.2, -0.15) is 0 Å². The summed E-state index contributed by atoms with van der Waals surface area (Å²) in [5, 5.41) is 2.31. The predicted octanol–water partition coefficient (Wildman–Crippen LogP) is 9.17. The molecule has 4 aromatic carbocycles. The molecule has 4 nitrogen and oxygen atoms in total. The largest absolute Gasteiger partial charge is 2.00 e. The van der Waals surface area contributed by atoms with Crippen LogP contribution in [0.5, 0.6) is 0 Å². The van der Waals surface area contributed by atoms with Crippen LogP contribution in [0.1, 0.15) is 49.9 Å². The van der Waals surface area contributed by atoms with Gasteiger partial charge in [-0.05, 0) is 66.7 Å². The minimum atomic E-state index is -0.619. The van der Waals surface area contributed by atoms with Gasteiger partial charge in [0, 0.05) is 11.7 Å². The van der Waals surface area contributed by atoms with Gasteiger partial charge in [-0.1, -0.05) is 91.9 Å². The minimum absolute atomic E-state index is 0.